The van der Waals surface area contributed by atoms with Crippen LogP contribution in [0.15, 0.2) is 0 Å². The Morgan fingerprint density at radius 3 is 1.52 bits per heavy atom. The van der Waals surface area contributed by atoms with Crippen molar-refractivity contribution in [2.75, 3.05) is 13.7 Å². The van der Waals surface area contributed by atoms with E-state index in [-0.39, 0.29) is 6.54 Å². The van der Waals surface area contributed by atoms with Gasteiger partial charge in [-0.2, -0.15) is 0 Å². The van der Waals surface area contributed by atoms with Crippen LogP contribution in [0.25, 0.3) is 0 Å². The number of imide groups is 1. The van der Waals surface area contributed by atoms with Crippen molar-refractivity contribution >= 4 is 18.2 Å². The normalized spacial score (nSPS) is 13.7. The second kappa shape index (κ2) is 8.03. The van der Waals surface area contributed by atoms with E-state index < -0.39 is 40.9 Å². The molecule has 0 aromatic heterocycles. The number of hydrogen-bond acceptors (Lipinski definition) is 7. The largest absolute Gasteiger partial charge is 0.467 e. The Balaban J connectivity index is 5.55. The zero-order chi connectivity index (χ0) is 20.2. The Labute approximate surface area is 149 Å². The van der Waals surface area contributed by atoms with Crippen molar-refractivity contribution in [3.05, 3.63) is 0 Å². The van der Waals surface area contributed by atoms with E-state index >= 15 is 0 Å². The number of methoxy groups -OCH3 is 1. The number of rotatable bonds is 4. The van der Waals surface area contributed by atoms with Crippen molar-refractivity contribution in [3.63, 3.8) is 0 Å². The molecule has 1 N–H and O–H groups in total. The van der Waals surface area contributed by atoms with Gasteiger partial charge in [0.1, 0.15) is 11.2 Å². The summed E-state index contributed by atoms with van der Waals surface area (Å²) < 4.78 is 15.0. The molecule has 0 saturated carbocycles. The Morgan fingerprint density at radius 1 is 0.880 bits per heavy atom. The minimum Gasteiger partial charge on any atom is -0.467 e. The quantitative estimate of drug-likeness (QED) is 0.606. The molecular weight excluding hydrogens is 330 g/mol. The van der Waals surface area contributed by atoms with Gasteiger partial charge in [-0.05, 0) is 41.5 Å². The predicted molar refractivity (Wildman–Crippen MR) is 91.0 cm³/mol. The molecule has 2 amide bonds. The number of esters is 1. The van der Waals surface area contributed by atoms with E-state index in [0.29, 0.717) is 0 Å². The first kappa shape index (κ1) is 23.2. The van der Waals surface area contributed by atoms with Gasteiger partial charge < -0.3 is 19.3 Å². The number of amides is 2. The van der Waals surface area contributed by atoms with Gasteiger partial charge in [-0.3, -0.25) is 0 Å². The third-order valence-electron chi connectivity index (χ3n) is 2.96. The van der Waals surface area contributed by atoms with Crippen LogP contribution >= 0.6 is 0 Å². The van der Waals surface area contributed by atoms with E-state index in [0.717, 1.165) is 12.0 Å². The molecule has 0 heterocycles. The first-order chi connectivity index (χ1) is 11.0. The summed E-state index contributed by atoms with van der Waals surface area (Å²) in [5.41, 5.74) is -2.84. The molecule has 0 rings (SSSR count). The van der Waals surface area contributed by atoms with Crippen molar-refractivity contribution in [3.8, 4) is 0 Å². The number of nitrogens with zero attached hydrogens (tertiary/aromatic N) is 1. The highest BCUT2D eigenvalue weighted by Crippen LogP contribution is 2.26. The molecule has 25 heavy (non-hydrogen) atoms. The van der Waals surface area contributed by atoms with E-state index in [1.807, 2.05) is 0 Å². The molecule has 0 bridgehead atoms. The van der Waals surface area contributed by atoms with Crippen LogP contribution in [0.2, 0.25) is 0 Å². The molecule has 0 aromatic rings. The monoisotopic (exact) mass is 361 g/mol. The van der Waals surface area contributed by atoms with Crippen molar-refractivity contribution < 1.29 is 33.7 Å². The summed E-state index contributed by atoms with van der Waals surface area (Å²) in [6, 6.07) is 0. The molecule has 1 atom stereocenters. The third-order valence-corrected chi connectivity index (χ3v) is 2.96. The van der Waals surface area contributed by atoms with Gasteiger partial charge in [-0.1, -0.05) is 13.8 Å². The van der Waals surface area contributed by atoms with E-state index in [1.54, 1.807) is 41.5 Å². The molecule has 8 heteroatoms. The number of hydrogen-bond donors (Lipinski definition) is 1. The lowest BCUT2D eigenvalue weighted by Gasteiger charge is -2.35. The molecule has 0 spiro atoms. The molecule has 0 aliphatic rings. The summed E-state index contributed by atoms with van der Waals surface area (Å²) in [6.07, 6.45) is -3.39. The summed E-state index contributed by atoms with van der Waals surface area (Å²) in [5.74, 6) is -0.863. The van der Waals surface area contributed by atoms with E-state index in [4.69, 9.17) is 9.47 Å². The average Bonchev–Trinajstić information content (AvgIpc) is 2.39. The molecule has 146 valence electrons. The van der Waals surface area contributed by atoms with Crippen LogP contribution in [0, 0.1) is 5.41 Å². The summed E-state index contributed by atoms with van der Waals surface area (Å²) in [6.45, 7) is 12.7. The average molecular weight is 361 g/mol. The third kappa shape index (κ3) is 8.20. The first-order valence-corrected chi connectivity index (χ1v) is 7.99. The fourth-order valence-electron chi connectivity index (χ4n) is 1.76. The number of carbonyl (C=O) groups excluding carboxylic acids is 3. The highest BCUT2D eigenvalue weighted by Gasteiger charge is 2.41. The highest BCUT2D eigenvalue weighted by molar-refractivity contribution is 5.88. The lowest BCUT2D eigenvalue weighted by Crippen LogP contribution is -2.51. The highest BCUT2D eigenvalue weighted by atomic mass is 16.6. The minimum absolute atomic E-state index is 0.299. The van der Waals surface area contributed by atoms with Crippen molar-refractivity contribution in [2.24, 2.45) is 5.41 Å². The van der Waals surface area contributed by atoms with Crippen LogP contribution in [-0.2, 0) is 19.0 Å². The van der Waals surface area contributed by atoms with Gasteiger partial charge in [-0.25, -0.2) is 19.3 Å². The fraction of sp³-hybridized carbons (Fsp3) is 0.824. The van der Waals surface area contributed by atoms with E-state index in [2.05, 4.69) is 4.74 Å². The maximum Gasteiger partial charge on any atom is 0.419 e. The molecular formula is C17H31NO7. The Hall–Kier alpha value is -1.83. The van der Waals surface area contributed by atoms with Crippen LogP contribution in [-0.4, -0.2) is 59.1 Å². The van der Waals surface area contributed by atoms with Crippen LogP contribution in [0.4, 0.5) is 9.59 Å². The zero-order valence-electron chi connectivity index (χ0n) is 16.6. The Kier molecular flexibility index (Phi) is 7.44. The van der Waals surface area contributed by atoms with Gasteiger partial charge >= 0.3 is 18.2 Å². The second-order valence-electron chi connectivity index (χ2n) is 8.46. The van der Waals surface area contributed by atoms with Crippen molar-refractivity contribution in [2.45, 2.75) is 72.7 Å². The lowest BCUT2D eigenvalue weighted by atomic mass is 9.86. The van der Waals surface area contributed by atoms with Gasteiger partial charge in [0, 0.05) is 12.0 Å². The topological polar surface area (TPSA) is 102 Å². The maximum absolute atomic E-state index is 12.4. The van der Waals surface area contributed by atoms with Gasteiger partial charge in [0.2, 0.25) is 0 Å². The maximum atomic E-state index is 12.4. The summed E-state index contributed by atoms with van der Waals surface area (Å²) in [4.78, 5) is 37.2. The van der Waals surface area contributed by atoms with Crippen LogP contribution in [0.1, 0.15) is 55.4 Å². The molecule has 0 aliphatic carbocycles. The fourth-order valence-corrected chi connectivity index (χ4v) is 1.76. The van der Waals surface area contributed by atoms with Crippen LogP contribution in [0.3, 0.4) is 0 Å². The first-order valence-electron chi connectivity index (χ1n) is 7.99. The van der Waals surface area contributed by atoms with Crippen LogP contribution in [0.5, 0.6) is 0 Å². The molecule has 0 aliphatic heterocycles. The standard InChI is InChI=1S/C17H31NO7/c1-15(2,3)24-13(21)18(14(22)25-16(4,5)6)10-17(7,8)11(19)12(20)23-9/h11,19H,10H2,1-9H3. The summed E-state index contributed by atoms with van der Waals surface area (Å²) in [7, 11) is 1.14. The van der Waals surface area contributed by atoms with Crippen LogP contribution < -0.4 is 0 Å². The molecule has 0 saturated heterocycles. The molecule has 0 fully saturated rings. The molecule has 0 radical (unpaired) electrons. The minimum atomic E-state index is -1.54. The van der Waals surface area contributed by atoms with Gasteiger partial charge in [0.15, 0.2) is 6.10 Å². The second-order valence-corrected chi connectivity index (χ2v) is 8.46. The van der Waals surface area contributed by atoms with Gasteiger partial charge in [0.05, 0.1) is 7.11 Å². The molecule has 1 unspecified atom stereocenters. The summed E-state index contributed by atoms with van der Waals surface area (Å²) in [5, 5.41) is 10.1. The van der Waals surface area contributed by atoms with Crippen molar-refractivity contribution in [1.82, 2.24) is 4.90 Å². The molecule has 8 nitrogen and oxygen atoms in total. The van der Waals surface area contributed by atoms with E-state index in [1.165, 1.54) is 13.8 Å². The Morgan fingerprint density at radius 2 is 1.24 bits per heavy atom. The number of aliphatic hydroxyl groups is 1. The van der Waals surface area contributed by atoms with Crippen molar-refractivity contribution in [1.29, 1.82) is 0 Å². The Bertz CT molecular complexity index is 472. The predicted octanol–water partition coefficient (Wildman–Crippen LogP) is 2.72. The zero-order valence-corrected chi connectivity index (χ0v) is 16.6. The van der Waals surface area contributed by atoms with E-state index in [9.17, 15) is 19.5 Å². The SMILES string of the molecule is COC(=O)C(O)C(C)(C)CN(C(=O)OC(C)(C)C)C(=O)OC(C)(C)C. The lowest BCUT2D eigenvalue weighted by molar-refractivity contribution is -0.157. The summed E-state index contributed by atoms with van der Waals surface area (Å²) >= 11 is 0. The van der Waals surface area contributed by atoms with Gasteiger partial charge in [0.25, 0.3) is 0 Å². The smallest absolute Gasteiger partial charge is 0.419 e. The molecule has 0 aromatic carbocycles. The number of aliphatic hydroxyl groups excluding tert-OH is 1. The number of carbonyl (C=O) groups is 3. The number of ether oxygens (including phenoxy) is 3. The van der Waals surface area contributed by atoms with Gasteiger partial charge in [-0.15, -0.1) is 0 Å².